The molecule has 0 radical (unpaired) electrons. The van der Waals surface area contributed by atoms with Gasteiger partial charge in [0.2, 0.25) is 23.4 Å². The van der Waals surface area contributed by atoms with Crippen molar-refractivity contribution < 1.29 is 9.32 Å². The van der Waals surface area contributed by atoms with Crippen molar-refractivity contribution in [2.45, 2.75) is 52.0 Å². The van der Waals surface area contributed by atoms with Gasteiger partial charge in [-0.15, -0.1) is 0 Å². The first-order valence-electron chi connectivity index (χ1n) is 8.53. The molecule has 3 rings (SSSR count). The Bertz CT molecular complexity index is 673. The standard InChI is InChI=1S/C17H23N5O2/c1-12-5-3-6-13(2)22(11-12)15(23)8-7-14-20-17(21-24-14)16-18-9-4-10-19-16/h4,9-10,12-13H,3,5-8,11H2,1-2H3. The largest absolute Gasteiger partial charge is 0.340 e. The zero-order valence-electron chi connectivity index (χ0n) is 14.2. The minimum Gasteiger partial charge on any atom is -0.340 e. The van der Waals surface area contributed by atoms with Crippen LogP contribution in [0.4, 0.5) is 0 Å². The van der Waals surface area contributed by atoms with Crippen LogP contribution in [-0.4, -0.2) is 43.5 Å². The van der Waals surface area contributed by atoms with Gasteiger partial charge >= 0.3 is 0 Å². The van der Waals surface area contributed by atoms with Gasteiger partial charge in [-0.1, -0.05) is 18.5 Å². The summed E-state index contributed by atoms with van der Waals surface area (Å²) >= 11 is 0. The number of hydrogen-bond donors (Lipinski definition) is 0. The molecule has 2 aromatic heterocycles. The van der Waals surface area contributed by atoms with E-state index in [4.69, 9.17) is 4.52 Å². The summed E-state index contributed by atoms with van der Waals surface area (Å²) in [7, 11) is 0. The van der Waals surface area contributed by atoms with Crippen molar-refractivity contribution in [2.75, 3.05) is 6.54 Å². The molecule has 0 aliphatic carbocycles. The zero-order chi connectivity index (χ0) is 16.9. The molecule has 0 bridgehead atoms. The van der Waals surface area contributed by atoms with Gasteiger partial charge in [-0.3, -0.25) is 4.79 Å². The Kier molecular flexibility index (Phi) is 5.17. The third kappa shape index (κ3) is 3.96. The number of carbonyl (C=O) groups is 1. The number of hydrogen-bond acceptors (Lipinski definition) is 6. The van der Waals surface area contributed by atoms with E-state index in [-0.39, 0.29) is 5.91 Å². The monoisotopic (exact) mass is 329 g/mol. The SMILES string of the molecule is CC1CCCC(C)N(C(=O)CCc2nc(-c3ncccn3)no2)C1. The Morgan fingerprint density at radius 2 is 2.04 bits per heavy atom. The van der Waals surface area contributed by atoms with Gasteiger partial charge in [-0.25, -0.2) is 9.97 Å². The number of likely N-dealkylation sites (tertiary alicyclic amines) is 1. The first-order valence-corrected chi connectivity index (χ1v) is 8.53. The Balaban J connectivity index is 1.59. The minimum atomic E-state index is 0.159. The summed E-state index contributed by atoms with van der Waals surface area (Å²) in [5, 5.41) is 3.88. The van der Waals surface area contributed by atoms with E-state index >= 15 is 0 Å². The molecule has 2 unspecified atom stereocenters. The Morgan fingerprint density at radius 3 is 2.83 bits per heavy atom. The molecule has 1 aliphatic rings. The second-order valence-electron chi connectivity index (χ2n) is 6.52. The molecule has 24 heavy (non-hydrogen) atoms. The van der Waals surface area contributed by atoms with E-state index in [0.29, 0.717) is 42.3 Å². The summed E-state index contributed by atoms with van der Waals surface area (Å²) in [5.41, 5.74) is 0. The van der Waals surface area contributed by atoms with E-state index in [1.54, 1.807) is 18.5 Å². The van der Waals surface area contributed by atoms with Crippen LogP contribution in [0.1, 0.15) is 45.4 Å². The number of rotatable bonds is 4. The normalized spacial score (nSPS) is 21.5. The second-order valence-corrected chi connectivity index (χ2v) is 6.52. The second kappa shape index (κ2) is 7.51. The molecule has 7 nitrogen and oxygen atoms in total. The summed E-state index contributed by atoms with van der Waals surface area (Å²) < 4.78 is 5.22. The van der Waals surface area contributed by atoms with Crippen LogP contribution in [0.15, 0.2) is 23.0 Å². The van der Waals surface area contributed by atoms with Gasteiger partial charge in [0.15, 0.2) is 0 Å². The lowest BCUT2D eigenvalue weighted by Gasteiger charge is -2.28. The molecule has 128 valence electrons. The summed E-state index contributed by atoms with van der Waals surface area (Å²) in [5.74, 6) is 1.95. The molecule has 0 saturated carbocycles. The predicted molar refractivity (Wildman–Crippen MR) is 87.8 cm³/mol. The molecule has 1 fully saturated rings. The molecular formula is C17H23N5O2. The highest BCUT2D eigenvalue weighted by Crippen LogP contribution is 2.21. The quantitative estimate of drug-likeness (QED) is 0.857. The van der Waals surface area contributed by atoms with Crippen LogP contribution in [-0.2, 0) is 11.2 Å². The molecule has 3 heterocycles. The van der Waals surface area contributed by atoms with Gasteiger partial charge in [0.25, 0.3) is 0 Å². The third-order valence-corrected chi connectivity index (χ3v) is 4.47. The van der Waals surface area contributed by atoms with Crippen molar-refractivity contribution in [3.63, 3.8) is 0 Å². The molecule has 2 atom stereocenters. The zero-order valence-corrected chi connectivity index (χ0v) is 14.2. The van der Waals surface area contributed by atoms with Crippen LogP contribution < -0.4 is 0 Å². The molecule has 1 aliphatic heterocycles. The van der Waals surface area contributed by atoms with Crippen LogP contribution in [0.25, 0.3) is 11.6 Å². The summed E-state index contributed by atoms with van der Waals surface area (Å²) in [4.78, 5) is 27.0. The highest BCUT2D eigenvalue weighted by molar-refractivity contribution is 5.76. The molecule has 1 saturated heterocycles. The Morgan fingerprint density at radius 1 is 1.25 bits per heavy atom. The molecule has 7 heteroatoms. The number of carbonyl (C=O) groups excluding carboxylic acids is 1. The lowest BCUT2D eigenvalue weighted by molar-refractivity contribution is -0.133. The Hall–Kier alpha value is -2.31. The molecule has 0 N–H and O–H groups in total. The maximum Gasteiger partial charge on any atom is 0.240 e. The molecule has 0 spiro atoms. The molecule has 1 amide bonds. The van der Waals surface area contributed by atoms with Crippen molar-refractivity contribution in [3.8, 4) is 11.6 Å². The summed E-state index contributed by atoms with van der Waals surface area (Å²) in [6.07, 6.45) is 7.54. The highest BCUT2D eigenvalue weighted by Gasteiger charge is 2.25. The fourth-order valence-electron chi connectivity index (χ4n) is 3.09. The van der Waals surface area contributed by atoms with Gasteiger partial charge in [0.05, 0.1) is 0 Å². The summed E-state index contributed by atoms with van der Waals surface area (Å²) in [6, 6.07) is 2.03. The van der Waals surface area contributed by atoms with Crippen molar-refractivity contribution >= 4 is 5.91 Å². The maximum atomic E-state index is 12.6. The fraction of sp³-hybridized carbons (Fsp3) is 0.588. The van der Waals surface area contributed by atoms with Crippen molar-refractivity contribution in [1.29, 1.82) is 0 Å². The van der Waals surface area contributed by atoms with Crippen molar-refractivity contribution in [2.24, 2.45) is 5.92 Å². The van der Waals surface area contributed by atoms with E-state index in [9.17, 15) is 4.79 Å². The first kappa shape index (κ1) is 16.5. The molecule has 0 aromatic carbocycles. The molecular weight excluding hydrogens is 306 g/mol. The number of amides is 1. The number of aryl methyl sites for hydroxylation is 1. The highest BCUT2D eigenvalue weighted by atomic mass is 16.5. The Labute approximate surface area is 141 Å². The average molecular weight is 329 g/mol. The third-order valence-electron chi connectivity index (χ3n) is 4.47. The van der Waals surface area contributed by atoms with E-state index in [2.05, 4.69) is 34.0 Å². The number of nitrogens with zero attached hydrogens (tertiary/aromatic N) is 5. The van der Waals surface area contributed by atoms with Crippen LogP contribution in [0.2, 0.25) is 0 Å². The van der Waals surface area contributed by atoms with E-state index < -0.39 is 0 Å². The molecule has 2 aromatic rings. The lowest BCUT2D eigenvalue weighted by atomic mass is 10.1. The van der Waals surface area contributed by atoms with E-state index in [0.717, 1.165) is 13.0 Å². The minimum absolute atomic E-state index is 0.159. The van der Waals surface area contributed by atoms with E-state index in [1.165, 1.54) is 12.8 Å². The van der Waals surface area contributed by atoms with Crippen LogP contribution >= 0.6 is 0 Å². The van der Waals surface area contributed by atoms with Crippen LogP contribution in [0, 0.1) is 5.92 Å². The fourth-order valence-corrected chi connectivity index (χ4v) is 3.09. The van der Waals surface area contributed by atoms with Gasteiger partial charge in [0.1, 0.15) is 0 Å². The smallest absolute Gasteiger partial charge is 0.240 e. The van der Waals surface area contributed by atoms with Gasteiger partial charge in [-0.05, 0) is 31.7 Å². The number of aromatic nitrogens is 4. The van der Waals surface area contributed by atoms with Crippen molar-refractivity contribution in [3.05, 3.63) is 24.4 Å². The maximum absolute atomic E-state index is 12.6. The summed E-state index contributed by atoms with van der Waals surface area (Å²) in [6.45, 7) is 5.18. The predicted octanol–water partition coefficient (Wildman–Crippen LogP) is 2.50. The van der Waals surface area contributed by atoms with Crippen LogP contribution in [0.5, 0.6) is 0 Å². The van der Waals surface area contributed by atoms with Gasteiger partial charge in [-0.2, -0.15) is 4.98 Å². The van der Waals surface area contributed by atoms with E-state index in [1.807, 2.05) is 4.90 Å². The lowest BCUT2D eigenvalue weighted by Crippen LogP contribution is -2.39. The van der Waals surface area contributed by atoms with Gasteiger partial charge in [0, 0.05) is 37.8 Å². The first-order chi connectivity index (χ1) is 11.6. The topological polar surface area (TPSA) is 85.0 Å². The van der Waals surface area contributed by atoms with Crippen LogP contribution in [0.3, 0.4) is 0 Å². The average Bonchev–Trinajstić information content (AvgIpc) is 3.00. The van der Waals surface area contributed by atoms with Crippen molar-refractivity contribution in [1.82, 2.24) is 25.0 Å². The van der Waals surface area contributed by atoms with Gasteiger partial charge < -0.3 is 9.42 Å².